The molecule has 0 aromatic heterocycles. The van der Waals surface area contributed by atoms with E-state index in [0.29, 0.717) is 25.1 Å². The van der Waals surface area contributed by atoms with Gasteiger partial charge in [0.05, 0.1) is 29.5 Å². The van der Waals surface area contributed by atoms with Crippen LogP contribution in [-0.2, 0) is 19.1 Å². The maximum Gasteiger partial charge on any atom is 0.307 e. The van der Waals surface area contributed by atoms with Crippen molar-refractivity contribution >= 4 is 23.3 Å². The molecule has 0 unspecified atom stereocenters. The minimum atomic E-state index is -0.857. The van der Waals surface area contributed by atoms with Crippen LogP contribution >= 0.6 is 0 Å². The Kier molecular flexibility index (Phi) is 4.24. The maximum absolute atomic E-state index is 12.7. The van der Waals surface area contributed by atoms with Gasteiger partial charge < -0.3 is 14.8 Å². The number of ether oxygens (including phenoxy) is 2. The Morgan fingerprint density at radius 2 is 2.00 bits per heavy atom. The third kappa shape index (κ3) is 3.48. The van der Waals surface area contributed by atoms with Crippen molar-refractivity contribution in [3.8, 4) is 0 Å². The van der Waals surface area contributed by atoms with Gasteiger partial charge in [0.25, 0.3) is 5.69 Å². The summed E-state index contributed by atoms with van der Waals surface area (Å²) in [4.78, 5) is 34.8. The molecule has 8 heteroatoms. The van der Waals surface area contributed by atoms with Gasteiger partial charge in [0.2, 0.25) is 5.91 Å². The number of hydrogen-bond acceptors (Lipinski definition) is 6. The summed E-state index contributed by atoms with van der Waals surface area (Å²) < 4.78 is 11.3. The molecule has 2 fully saturated rings. The van der Waals surface area contributed by atoms with Crippen LogP contribution in [0.25, 0.3) is 0 Å². The van der Waals surface area contributed by atoms with Crippen LogP contribution < -0.4 is 5.32 Å². The molecule has 2 aliphatic heterocycles. The fourth-order valence-corrected chi connectivity index (χ4v) is 3.66. The minimum absolute atomic E-state index is 0.0227. The molecule has 1 aromatic carbocycles. The van der Waals surface area contributed by atoms with E-state index in [0.717, 1.165) is 0 Å². The number of nitro benzene ring substituents is 1. The number of non-ortho nitro benzene ring substituents is 1. The first kappa shape index (κ1) is 17.3. The summed E-state index contributed by atoms with van der Waals surface area (Å²) >= 11 is 0. The summed E-state index contributed by atoms with van der Waals surface area (Å²) in [6, 6.07) is 5.57. The molecule has 1 amide bonds. The number of nitro groups is 1. The smallest absolute Gasteiger partial charge is 0.307 e. The first-order valence-corrected chi connectivity index (χ1v) is 8.12. The number of benzene rings is 1. The third-order valence-electron chi connectivity index (χ3n) is 4.73. The molecule has 0 radical (unpaired) electrons. The number of rotatable bonds is 3. The van der Waals surface area contributed by atoms with Gasteiger partial charge in [-0.25, -0.2) is 0 Å². The van der Waals surface area contributed by atoms with E-state index < -0.39 is 22.0 Å². The third-order valence-corrected chi connectivity index (χ3v) is 4.73. The Balaban J connectivity index is 1.78. The van der Waals surface area contributed by atoms with E-state index >= 15 is 0 Å². The van der Waals surface area contributed by atoms with Crippen LogP contribution in [0.3, 0.4) is 0 Å². The Morgan fingerprint density at radius 1 is 1.32 bits per heavy atom. The zero-order chi connectivity index (χ0) is 18.2. The number of nitrogens with zero attached hydrogens (tertiary/aromatic N) is 1. The van der Waals surface area contributed by atoms with Gasteiger partial charge in [-0.2, -0.15) is 0 Å². The van der Waals surface area contributed by atoms with Gasteiger partial charge in [0, 0.05) is 30.7 Å². The number of hydrogen-bond donors (Lipinski definition) is 1. The number of carbonyl (C=O) groups is 2. The van der Waals surface area contributed by atoms with Crippen LogP contribution in [0.15, 0.2) is 24.3 Å². The first-order chi connectivity index (χ1) is 11.7. The highest BCUT2D eigenvalue weighted by molar-refractivity contribution is 5.97. The van der Waals surface area contributed by atoms with Gasteiger partial charge in [-0.05, 0) is 26.0 Å². The molecule has 0 aliphatic carbocycles. The second kappa shape index (κ2) is 6.11. The molecule has 1 spiro atoms. The number of carbonyl (C=O) groups excluding carboxylic acids is 2. The molecule has 0 saturated carbocycles. The molecule has 25 heavy (non-hydrogen) atoms. The lowest BCUT2D eigenvalue weighted by Gasteiger charge is -2.43. The monoisotopic (exact) mass is 348 g/mol. The van der Waals surface area contributed by atoms with E-state index in [-0.39, 0.29) is 24.0 Å². The Bertz CT molecular complexity index is 714. The molecule has 2 aliphatic rings. The van der Waals surface area contributed by atoms with Crippen molar-refractivity contribution in [2.45, 2.75) is 44.3 Å². The van der Waals surface area contributed by atoms with Crippen LogP contribution in [-0.4, -0.2) is 34.6 Å². The summed E-state index contributed by atoms with van der Waals surface area (Å²) in [5, 5.41) is 13.4. The van der Waals surface area contributed by atoms with Crippen LogP contribution in [0.4, 0.5) is 11.4 Å². The largest absolute Gasteiger partial charge is 0.458 e. The lowest BCUT2D eigenvalue weighted by Crippen LogP contribution is -2.52. The summed E-state index contributed by atoms with van der Waals surface area (Å²) in [7, 11) is 0. The van der Waals surface area contributed by atoms with Gasteiger partial charge in [0.1, 0.15) is 5.60 Å². The molecule has 3 rings (SSSR count). The van der Waals surface area contributed by atoms with Crippen molar-refractivity contribution in [1.29, 1.82) is 0 Å². The molecule has 2 atom stereocenters. The molecule has 0 bridgehead atoms. The molecule has 8 nitrogen and oxygen atoms in total. The quantitative estimate of drug-likeness (QED) is 0.510. The fraction of sp³-hybridized carbons (Fsp3) is 0.529. The number of anilines is 1. The summed E-state index contributed by atoms with van der Waals surface area (Å²) in [6.07, 6.45) is 0.944. The van der Waals surface area contributed by atoms with Crippen LogP contribution in [0.2, 0.25) is 0 Å². The highest BCUT2D eigenvalue weighted by Crippen LogP contribution is 2.46. The van der Waals surface area contributed by atoms with E-state index in [4.69, 9.17) is 9.47 Å². The van der Waals surface area contributed by atoms with Gasteiger partial charge in [-0.1, -0.05) is 0 Å². The predicted molar refractivity (Wildman–Crippen MR) is 87.9 cm³/mol. The topological polar surface area (TPSA) is 108 Å². The Labute approximate surface area is 144 Å². The van der Waals surface area contributed by atoms with E-state index in [9.17, 15) is 19.7 Å². The van der Waals surface area contributed by atoms with E-state index in [1.807, 2.05) is 13.8 Å². The average molecular weight is 348 g/mol. The highest BCUT2D eigenvalue weighted by atomic mass is 16.6. The zero-order valence-electron chi connectivity index (χ0n) is 14.1. The van der Waals surface area contributed by atoms with Crippen molar-refractivity contribution in [3.05, 3.63) is 34.4 Å². The predicted octanol–water partition coefficient (Wildman–Crippen LogP) is 2.42. The van der Waals surface area contributed by atoms with Crippen molar-refractivity contribution in [2.24, 2.45) is 5.92 Å². The number of esters is 1. The summed E-state index contributed by atoms with van der Waals surface area (Å²) in [6.45, 7) is 4.23. The normalized spacial score (nSPS) is 27.8. The zero-order valence-corrected chi connectivity index (χ0v) is 14.1. The van der Waals surface area contributed by atoms with Crippen molar-refractivity contribution in [2.75, 3.05) is 11.9 Å². The molecular formula is C17H20N2O6. The fourth-order valence-electron chi connectivity index (χ4n) is 3.66. The van der Waals surface area contributed by atoms with Crippen molar-refractivity contribution in [1.82, 2.24) is 0 Å². The van der Waals surface area contributed by atoms with Gasteiger partial charge >= 0.3 is 5.97 Å². The van der Waals surface area contributed by atoms with Crippen LogP contribution in [0.5, 0.6) is 0 Å². The summed E-state index contributed by atoms with van der Waals surface area (Å²) in [5.41, 5.74) is -0.949. The molecule has 2 saturated heterocycles. The number of amides is 1. The molecule has 2 heterocycles. The Hall–Kier alpha value is -2.48. The van der Waals surface area contributed by atoms with Gasteiger partial charge in [-0.3, -0.25) is 19.7 Å². The summed E-state index contributed by atoms with van der Waals surface area (Å²) in [5.74, 6) is -1.32. The Morgan fingerprint density at radius 3 is 2.60 bits per heavy atom. The van der Waals surface area contributed by atoms with Crippen LogP contribution in [0.1, 0.15) is 33.1 Å². The van der Waals surface area contributed by atoms with E-state index in [2.05, 4.69) is 5.32 Å². The number of nitrogens with one attached hydrogen (secondary N) is 1. The van der Waals surface area contributed by atoms with Gasteiger partial charge in [0.15, 0.2) is 0 Å². The maximum atomic E-state index is 12.7. The van der Waals surface area contributed by atoms with E-state index in [1.165, 1.54) is 24.3 Å². The van der Waals surface area contributed by atoms with Gasteiger partial charge in [-0.15, -0.1) is 0 Å². The van der Waals surface area contributed by atoms with E-state index in [1.54, 1.807) is 0 Å². The standard InChI is InChI=1S/C17H20N2O6/c1-16(2)10-17(7-8-24-16)13(9-14(20)25-17)15(21)18-11-3-5-12(6-4-11)19(22)23/h3-6,13H,7-10H2,1-2H3,(H,18,21)/t13-,17-/m0/s1. The second-order valence-corrected chi connectivity index (χ2v) is 7.12. The van der Waals surface area contributed by atoms with Crippen LogP contribution in [0, 0.1) is 16.0 Å². The average Bonchev–Trinajstić information content (AvgIpc) is 2.82. The molecule has 1 N–H and O–H groups in total. The highest BCUT2D eigenvalue weighted by Gasteiger charge is 2.56. The van der Waals surface area contributed by atoms with Crippen molar-refractivity contribution in [3.63, 3.8) is 0 Å². The molecule has 134 valence electrons. The lowest BCUT2D eigenvalue weighted by atomic mass is 9.75. The SMILES string of the molecule is CC1(C)C[C@]2(CCO1)OC(=O)C[C@H]2C(=O)Nc1ccc([N+](=O)[O-])cc1. The molecular weight excluding hydrogens is 328 g/mol. The van der Waals surface area contributed by atoms with Crippen molar-refractivity contribution < 1.29 is 24.0 Å². The minimum Gasteiger partial charge on any atom is -0.458 e. The lowest BCUT2D eigenvalue weighted by molar-refractivity contribution is -0.384. The molecule has 1 aromatic rings. The second-order valence-electron chi connectivity index (χ2n) is 7.12. The first-order valence-electron chi connectivity index (χ1n) is 8.12.